The van der Waals surface area contributed by atoms with Crippen LogP contribution in [-0.2, 0) is 4.79 Å². The molecule has 1 aromatic carbocycles. The van der Waals surface area contributed by atoms with Crippen LogP contribution < -0.4 is 16.0 Å². The number of aryl methyl sites for hydroxylation is 2. The molecule has 0 aliphatic carbocycles. The lowest BCUT2D eigenvalue weighted by atomic mass is 10.2. The highest BCUT2D eigenvalue weighted by molar-refractivity contribution is 5.91. The van der Waals surface area contributed by atoms with E-state index in [1.165, 1.54) is 6.92 Å². The van der Waals surface area contributed by atoms with Crippen molar-refractivity contribution < 1.29 is 9.59 Å². The van der Waals surface area contributed by atoms with Crippen LogP contribution in [0.4, 0.5) is 10.5 Å². The Morgan fingerprint density at radius 2 is 1.64 bits per heavy atom. The summed E-state index contributed by atoms with van der Waals surface area (Å²) in [5.41, 5.74) is 3.93. The summed E-state index contributed by atoms with van der Waals surface area (Å²) in [7, 11) is 0. The molecule has 3 N–H and O–H groups in total. The molecule has 0 aliphatic heterocycles. The summed E-state index contributed by atoms with van der Waals surface area (Å²) in [6.45, 7) is 5.99. The Bertz CT molecular complexity index is 714. The normalized spacial score (nSPS) is 10.3. The van der Waals surface area contributed by atoms with Crippen molar-refractivity contribution in [2.45, 2.75) is 20.8 Å². The second-order valence-electron chi connectivity index (χ2n) is 4.96. The predicted molar refractivity (Wildman–Crippen MR) is 84.7 cm³/mol. The maximum absolute atomic E-state index is 11.7. The fraction of sp³-hybridized carbons (Fsp3) is 0.333. The van der Waals surface area contributed by atoms with Gasteiger partial charge in [-0.15, -0.1) is 0 Å². The highest BCUT2D eigenvalue weighted by atomic mass is 16.2. The van der Waals surface area contributed by atoms with Crippen molar-refractivity contribution in [2.24, 2.45) is 0 Å². The Labute approximate surface area is 128 Å². The molecule has 2 aromatic rings. The van der Waals surface area contributed by atoms with Crippen LogP contribution in [0.1, 0.15) is 18.3 Å². The van der Waals surface area contributed by atoms with Crippen molar-refractivity contribution in [3.8, 4) is 0 Å². The van der Waals surface area contributed by atoms with E-state index in [1.54, 1.807) is 12.1 Å². The van der Waals surface area contributed by atoms with Crippen LogP contribution in [0, 0.1) is 13.8 Å². The van der Waals surface area contributed by atoms with Gasteiger partial charge in [0.1, 0.15) is 0 Å². The second kappa shape index (κ2) is 6.84. The molecule has 0 bridgehead atoms. The van der Waals surface area contributed by atoms with Gasteiger partial charge in [-0.2, -0.15) is 0 Å². The Hall–Kier alpha value is -2.70. The molecule has 0 saturated heterocycles. The Morgan fingerprint density at radius 1 is 1.00 bits per heavy atom. The minimum absolute atomic E-state index is 0.124. The van der Waals surface area contributed by atoms with Crippen molar-refractivity contribution in [2.75, 3.05) is 18.4 Å². The van der Waals surface area contributed by atoms with Crippen LogP contribution in [0.15, 0.2) is 18.2 Å². The molecule has 7 heteroatoms. The van der Waals surface area contributed by atoms with Crippen molar-refractivity contribution in [1.82, 2.24) is 20.6 Å². The number of nitrogens with zero attached hydrogens (tertiary/aromatic N) is 2. The average Bonchev–Trinajstić information content (AvgIpc) is 2.45. The highest BCUT2D eigenvalue weighted by Gasteiger charge is 2.05. The van der Waals surface area contributed by atoms with Crippen molar-refractivity contribution >= 4 is 28.7 Å². The van der Waals surface area contributed by atoms with Gasteiger partial charge >= 0.3 is 6.03 Å². The van der Waals surface area contributed by atoms with Gasteiger partial charge < -0.3 is 16.0 Å². The molecule has 2 rings (SSSR count). The monoisotopic (exact) mass is 301 g/mol. The van der Waals surface area contributed by atoms with Gasteiger partial charge in [0.05, 0.1) is 22.4 Å². The molecule has 0 radical (unpaired) electrons. The number of rotatable bonds is 4. The molecule has 0 fully saturated rings. The van der Waals surface area contributed by atoms with Crippen LogP contribution in [0.3, 0.4) is 0 Å². The summed E-state index contributed by atoms with van der Waals surface area (Å²) in [5.74, 6) is -0.124. The van der Waals surface area contributed by atoms with Crippen molar-refractivity contribution in [3.63, 3.8) is 0 Å². The molecule has 3 amide bonds. The third-order valence-electron chi connectivity index (χ3n) is 3.12. The fourth-order valence-electron chi connectivity index (χ4n) is 1.90. The summed E-state index contributed by atoms with van der Waals surface area (Å²) in [4.78, 5) is 31.3. The van der Waals surface area contributed by atoms with Gasteiger partial charge in [-0.3, -0.25) is 4.79 Å². The number of fused-ring (bicyclic) bond motifs is 1. The van der Waals surface area contributed by atoms with Crippen LogP contribution in [-0.4, -0.2) is 35.0 Å². The summed E-state index contributed by atoms with van der Waals surface area (Å²) in [5, 5.41) is 7.98. The van der Waals surface area contributed by atoms with Crippen molar-refractivity contribution in [3.05, 3.63) is 29.6 Å². The summed E-state index contributed by atoms with van der Waals surface area (Å²) < 4.78 is 0. The maximum Gasteiger partial charge on any atom is 0.319 e. The van der Waals surface area contributed by atoms with Gasteiger partial charge in [0.2, 0.25) is 5.91 Å². The summed E-state index contributed by atoms with van der Waals surface area (Å²) >= 11 is 0. The van der Waals surface area contributed by atoms with Crippen LogP contribution in [0.5, 0.6) is 0 Å². The van der Waals surface area contributed by atoms with Gasteiger partial charge in [0.25, 0.3) is 0 Å². The van der Waals surface area contributed by atoms with E-state index >= 15 is 0 Å². The quantitative estimate of drug-likeness (QED) is 0.746. The number of carbonyl (C=O) groups excluding carboxylic acids is 2. The van der Waals surface area contributed by atoms with Crippen LogP contribution in [0.25, 0.3) is 11.0 Å². The number of carbonyl (C=O) groups is 2. The molecule has 116 valence electrons. The van der Waals surface area contributed by atoms with E-state index in [2.05, 4.69) is 25.9 Å². The van der Waals surface area contributed by atoms with Gasteiger partial charge in [0, 0.05) is 25.7 Å². The zero-order valence-electron chi connectivity index (χ0n) is 12.9. The van der Waals surface area contributed by atoms with E-state index in [0.717, 1.165) is 22.4 Å². The Kier molecular flexibility index (Phi) is 4.88. The highest BCUT2D eigenvalue weighted by Crippen LogP contribution is 2.17. The molecule has 0 spiro atoms. The van der Waals surface area contributed by atoms with Crippen LogP contribution >= 0.6 is 0 Å². The lowest BCUT2D eigenvalue weighted by Crippen LogP contribution is -2.36. The number of urea groups is 1. The van der Waals surface area contributed by atoms with E-state index in [9.17, 15) is 9.59 Å². The van der Waals surface area contributed by atoms with Gasteiger partial charge in [-0.25, -0.2) is 14.8 Å². The van der Waals surface area contributed by atoms with E-state index in [1.807, 2.05) is 19.9 Å². The van der Waals surface area contributed by atoms with E-state index in [4.69, 9.17) is 0 Å². The molecule has 0 saturated carbocycles. The molecule has 22 heavy (non-hydrogen) atoms. The largest absolute Gasteiger partial charge is 0.355 e. The Morgan fingerprint density at radius 3 is 2.32 bits per heavy atom. The number of anilines is 1. The third-order valence-corrected chi connectivity index (χ3v) is 3.12. The smallest absolute Gasteiger partial charge is 0.319 e. The minimum Gasteiger partial charge on any atom is -0.355 e. The standard InChI is InChI=1S/C15H19N5O2/c1-9-10(2)19-14-8-12(4-5-13(14)18-9)20-15(22)17-7-6-16-11(3)21/h4-5,8H,6-7H2,1-3H3,(H,16,21)(H2,17,20,22). The molecule has 1 aromatic heterocycles. The van der Waals surface area contributed by atoms with Gasteiger partial charge in [-0.05, 0) is 32.0 Å². The maximum atomic E-state index is 11.7. The molecule has 1 heterocycles. The fourth-order valence-corrected chi connectivity index (χ4v) is 1.90. The minimum atomic E-state index is -0.332. The zero-order chi connectivity index (χ0) is 16.1. The molecule has 7 nitrogen and oxygen atoms in total. The number of aromatic nitrogens is 2. The third kappa shape index (κ3) is 4.15. The number of hydrogen-bond donors (Lipinski definition) is 3. The number of nitrogens with one attached hydrogen (secondary N) is 3. The van der Waals surface area contributed by atoms with E-state index in [-0.39, 0.29) is 11.9 Å². The topological polar surface area (TPSA) is 96.0 Å². The average molecular weight is 301 g/mol. The van der Waals surface area contributed by atoms with E-state index in [0.29, 0.717) is 18.8 Å². The lowest BCUT2D eigenvalue weighted by molar-refractivity contribution is -0.118. The molecular weight excluding hydrogens is 282 g/mol. The van der Waals surface area contributed by atoms with Gasteiger partial charge in [0.15, 0.2) is 0 Å². The molecule has 0 aliphatic rings. The van der Waals surface area contributed by atoms with Gasteiger partial charge in [-0.1, -0.05) is 0 Å². The van der Waals surface area contributed by atoms with Crippen molar-refractivity contribution in [1.29, 1.82) is 0 Å². The zero-order valence-corrected chi connectivity index (χ0v) is 12.9. The molecular formula is C15H19N5O2. The first-order chi connectivity index (χ1) is 10.5. The predicted octanol–water partition coefficient (Wildman–Crippen LogP) is 1.50. The number of benzene rings is 1. The molecule has 0 atom stereocenters. The lowest BCUT2D eigenvalue weighted by Gasteiger charge is -2.09. The number of hydrogen-bond acceptors (Lipinski definition) is 4. The Balaban J connectivity index is 1.98. The van der Waals surface area contributed by atoms with E-state index < -0.39 is 0 Å². The first-order valence-electron chi connectivity index (χ1n) is 7.00. The first kappa shape index (κ1) is 15.7. The first-order valence-corrected chi connectivity index (χ1v) is 7.00. The summed E-state index contributed by atoms with van der Waals surface area (Å²) in [6.07, 6.45) is 0. The SMILES string of the molecule is CC(=O)NCCNC(=O)Nc1ccc2nc(C)c(C)nc2c1. The summed E-state index contributed by atoms with van der Waals surface area (Å²) in [6, 6.07) is 5.05. The number of amides is 3. The molecule has 0 unspecified atom stereocenters. The second-order valence-corrected chi connectivity index (χ2v) is 4.96. The van der Waals surface area contributed by atoms with Crippen LogP contribution in [0.2, 0.25) is 0 Å².